The van der Waals surface area contributed by atoms with Crippen LogP contribution in [0.1, 0.15) is 27.7 Å². The molecule has 1 aliphatic carbocycles. The normalized spacial score (nSPS) is 41.8. The molecule has 3 saturated heterocycles. The minimum Gasteiger partial charge on any atom is -0.349 e. The molecule has 0 amide bonds. The third-order valence-electron chi connectivity index (χ3n) is 6.22. The van der Waals surface area contributed by atoms with Crippen molar-refractivity contribution >= 4 is 11.6 Å². The van der Waals surface area contributed by atoms with Crippen molar-refractivity contribution in [1.29, 1.82) is 0 Å². The summed E-state index contributed by atoms with van der Waals surface area (Å²) in [6, 6.07) is 3.90. The highest BCUT2D eigenvalue weighted by Gasteiger charge is 2.82. The third-order valence-corrected chi connectivity index (χ3v) is 6.22. The zero-order chi connectivity index (χ0) is 17.6. The standard InChI is InChI=1S/C17H23N5O3/c1-9-10-7-21(13-6-5-12(20-23)18-19-13)11-8-22(17(9,10)11)14-15(24-14)25-16(2,3)4/h5-6,9-11,14-15H,7-8H2,1-4H3/t9-,10+,11+,14?,15?,17?/m0/s1. The minimum absolute atomic E-state index is 0.0793. The van der Waals surface area contributed by atoms with Crippen molar-refractivity contribution in [2.75, 3.05) is 18.0 Å². The number of nitroso groups, excluding NO2 is 1. The van der Waals surface area contributed by atoms with Gasteiger partial charge in [0.1, 0.15) is 0 Å². The zero-order valence-corrected chi connectivity index (χ0v) is 14.9. The Morgan fingerprint density at radius 3 is 2.76 bits per heavy atom. The van der Waals surface area contributed by atoms with Crippen LogP contribution in [-0.2, 0) is 9.47 Å². The van der Waals surface area contributed by atoms with Crippen molar-refractivity contribution in [3.63, 3.8) is 0 Å². The van der Waals surface area contributed by atoms with Gasteiger partial charge in [0.25, 0.3) is 0 Å². The van der Waals surface area contributed by atoms with E-state index in [2.05, 4.69) is 52.9 Å². The average molecular weight is 345 g/mol. The fraction of sp³-hybridized carbons (Fsp3) is 0.765. The SMILES string of the molecule is C[C@H]1[C@H]2CN(c3ccc(N=O)nn3)[C@@H]3CN(C4OC4OC(C)(C)C)C213. The molecule has 6 atom stereocenters. The van der Waals surface area contributed by atoms with Crippen LogP contribution in [-0.4, -0.2) is 57.9 Å². The Labute approximate surface area is 146 Å². The number of anilines is 1. The molecule has 1 spiro atoms. The molecular weight excluding hydrogens is 322 g/mol. The number of aromatic nitrogens is 2. The summed E-state index contributed by atoms with van der Waals surface area (Å²) in [6.45, 7) is 10.4. The largest absolute Gasteiger partial charge is 0.349 e. The van der Waals surface area contributed by atoms with Gasteiger partial charge in [-0.25, -0.2) is 0 Å². The summed E-state index contributed by atoms with van der Waals surface area (Å²) in [5.74, 6) is 2.23. The zero-order valence-electron chi connectivity index (χ0n) is 14.9. The Hall–Kier alpha value is -1.64. The lowest BCUT2D eigenvalue weighted by Crippen LogP contribution is -2.68. The van der Waals surface area contributed by atoms with Crippen LogP contribution in [0, 0.1) is 16.7 Å². The van der Waals surface area contributed by atoms with Crippen LogP contribution in [0.2, 0.25) is 0 Å². The lowest BCUT2D eigenvalue weighted by atomic mass is 9.90. The molecule has 134 valence electrons. The van der Waals surface area contributed by atoms with Crippen LogP contribution in [0.4, 0.5) is 11.6 Å². The smallest absolute Gasteiger partial charge is 0.218 e. The molecule has 5 rings (SSSR count). The molecule has 4 aliphatic rings. The molecule has 0 radical (unpaired) electrons. The Morgan fingerprint density at radius 2 is 2.12 bits per heavy atom. The Morgan fingerprint density at radius 1 is 1.32 bits per heavy atom. The van der Waals surface area contributed by atoms with E-state index in [4.69, 9.17) is 9.47 Å². The number of ether oxygens (including phenoxy) is 2. The maximum absolute atomic E-state index is 10.5. The molecule has 0 bridgehead atoms. The molecular formula is C17H23N5O3. The number of hydrogen-bond donors (Lipinski definition) is 0. The topological polar surface area (TPSA) is 83.5 Å². The van der Waals surface area contributed by atoms with Crippen LogP contribution < -0.4 is 4.90 Å². The van der Waals surface area contributed by atoms with Crippen LogP contribution in [0.25, 0.3) is 0 Å². The first-order valence-electron chi connectivity index (χ1n) is 8.90. The van der Waals surface area contributed by atoms with Crippen LogP contribution in [0.15, 0.2) is 17.3 Å². The molecule has 1 aromatic rings. The fourth-order valence-corrected chi connectivity index (χ4v) is 5.09. The second-order valence-corrected chi connectivity index (χ2v) is 8.57. The predicted octanol–water partition coefficient (Wildman–Crippen LogP) is 1.88. The number of rotatable bonds is 4. The second-order valence-electron chi connectivity index (χ2n) is 8.57. The number of hydrogen-bond acceptors (Lipinski definition) is 8. The Balaban J connectivity index is 1.31. The number of nitrogens with zero attached hydrogens (tertiary/aromatic N) is 5. The van der Waals surface area contributed by atoms with Crippen molar-refractivity contribution in [3.8, 4) is 0 Å². The van der Waals surface area contributed by atoms with E-state index in [1.54, 1.807) is 6.07 Å². The van der Waals surface area contributed by atoms with Crippen molar-refractivity contribution < 1.29 is 9.47 Å². The molecule has 3 unspecified atom stereocenters. The van der Waals surface area contributed by atoms with E-state index >= 15 is 0 Å². The van der Waals surface area contributed by atoms with E-state index < -0.39 is 0 Å². The number of epoxide rings is 1. The molecule has 1 aromatic heterocycles. The van der Waals surface area contributed by atoms with Gasteiger partial charge >= 0.3 is 0 Å². The van der Waals surface area contributed by atoms with Crippen LogP contribution in [0.3, 0.4) is 0 Å². The van der Waals surface area contributed by atoms with Gasteiger partial charge in [-0.2, -0.15) is 0 Å². The first-order chi connectivity index (χ1) is 11.9. The Kier molecular flexibility index (Phi) is 2.96. The lowest BCUT2D eigenvalue weighted by molar-refractivity contribution is -0.0607. The predicted molar refractivity (Wildman–Crippen MR) is 90.2 cm³/mol. The maximum atomic E-state index is 10.5. The molecule has 0 N–H and O–H groups in total. The number of likely N-dealkylation sites (tertiary alicyclic amines) is 1. The van der Waals surface area contributed by atoms with Crippen LogP contribution >= 0.6 is 0 Å². The number of piperidine rings is 1. The van der Waals surface area contributed by atoms with Gasteiger partial charge in [0.2, 0.25) is 5.82 Å². The van der Waals surface area contributed by atoms with E-state index in [0.717, 1.165) is 18.9 Å². The van der Waals surface area contributed by atoms with Gasteiger partial charge in [-0.15, -0.1) is 15.1 Å². The monoisotopic (exact) mass is 345 g/mol. The third kappa shape index (κ3) is 2.04. The van der Waals surface area contributed by atoms with E-state index in [1.165, 1.54) is 0 Å². The van der Waals surface area contributed by atoms with E-state index in [0.29, 0.717) is 17.9 Å². The van der Waals surface area contributed by atoms with Gasteiger partial charge in [0, 0.05) is 19.0 Å². The molecule has 8 heteroatoms. The summed E-state index contributed by atoms with van der Waals surface area (Å²) in [4.78, 5) is 15.3. The van der Waals surface area contributed by atoms with E-state index in [-0.39, 0.29) is 29.5 Å². The molecule has 4 fully saturated rings. The van der Waals surface area contributed by atoms with Crippen LogP contribution in [0.5, 0.6) is 0 Å². The highest BCUT2D eigenvalue weighted by atomic mass is 16.8. The summed E-state index contributed by atoms with van der Waals surface area (Å²) in [6.07, 6.45) is -0.0360. The van der Waals surface area contributed by atoms with Gasteiger partial charge in [-0.3, -0.25) is 4.90 Å². The molecule has 8 nitrogen and oxygen atoms in total. The first-order valence-corrected chi connectivity index (χ1v) is 8.90. The summed E-state index contributed by atoms with van der Waals surface area (Å²) < 4.78 is 11.8. The van der Waals surface area contributed by atoms with Crippen molar-refractivity contribution in [1.82, 2.24) is 15.1 Å². The molecule has 3 aliphatic heterocycles. The molecule has 0 aromatic carbocycles. The van der Waals surface area contributed by atoms with Gasteiger partial charge in [-0.05, 0) is 44.0 Å². The summed E-state index contributed by atoms with van der Waals surface area (Å²) in [7, 11) is 0. The average Bonchev–Trinajstić information content (AvgIpc) is 3.38. The van der Waals surface area contributed by atoms with Crippen molar-refractivity contribution in [2.24, 2.45) is 17.0 Å². The highest BCUT2D eigenvalue weighted by molar-refractivity contribution is 5.53. The van der Waals surface area contributed by atoms with Crippen molar-refractivity contribution in [3.05, 3.63) is 17.0 Å². The van der Waals surface area contributed by atoms with Gasteiger partial charge < -0.3 is 14.4 Å². The van der Waals surface area contributed by atoms with Crippen molar-refractivity contribution in [2.45, 2.75) is 57.4 Å². The van der Waals surface area contributed by atoms with Gasteiger partial charge in [-0.1, -0.05) is 6.92 Å². The summed E-state index contributed by atoms with van der Waals surface area (Å²) in [5, 5.41) is 10.9. The summed E-state index contributed by atoms with van der Waals surface area (Å²) >= 11 is 0. The lowest BCUT2D eigenvalue weighted by Gasteiger charge is -2.51. The van der Waals surface area contributed by atoms with E-state index in [1.807, 2.05) is 6.07 Å². The second kappa shape index (κ2) is 4.75. The molecule has 25 heavy (non-hydrogen) atoms. The maximum Gasteiger partial charge on any atom is 0.218 e. The molecule has 1 saturated carbocycles. The van der Waals surface area contributed by atoms with Gasteiger partial charge in [0.15, 0.2) is 18.3 Å². The fourth-order valence-electron chi connectivity index (χ4n) is 5.09. The highest BCUT2D eigenvalue weighted by Crippen LogP contribution is 2.69. The van der Waals surface area contributed by atoms with E-state index in [9.17, 15) is 4.91 Å². The molecule has 4 heterocycles. The summed E-state index contributed by atoms with van der Waals surface area (Å²) in [5.41, 5.74) is -0.00843. The Bertz CT molecular complexity index is 720. The minimum atomic E-state index is -0.193. The quantitative estimate of drug-likeness (QED) is 0.608. The first kappa shape index (κ1) is 15.6. The van der Waals surface area contributed by atoms with Gasteiger partial charge in [0.05, 0.1) is 17.2 Å².